The van der Waals surface area contributed by atoms with Gasteiger partial charge in [-0.05, 0) is 121 Å². The first-order valence-electron chi connectivity index (χ1n) is 45.6. The third kappa shape index (κ3) is 11.1. The standard InChI is InChI=1S/6C20H16N2/c1-21-17-9-5-3-7-13(17)15-12-20-16(11-19(15)21)14-8-4-6-10-18(14)22(20)2;1-21-17-9-5-3-7-13(17)15-11-16-14-8-4-6-10-18(14)22(2)20(16)12-19(15)21;2*1-21-17-10-6-4-8-15(17)19-18(21)12-11-14-13-7-3-5-9-16(13)22(2)20(14)19;1-21-17-9-5-3-7-13(17)15-11-12-16-14-8-4-6-10-18(14)22(2)20(16)19(15)21;1-21-15-9-5-3-7-13(15)19-17(21)11-12-18-20(19)14-8-4-6-10-16(14)22(18)2/h6*3-12H,1-2H3. The van der Waals surface area contributed by atoms with E-state index in [-0.39, 0.29) is 0 Å². The molecule has 12 nitrogen and oxygen atoms in total. The highest BCUT2D eigenvalue weighted by molar-refractivity contribution is 6.31. The summed E-state index contributed by atoms with van der Waals surface area (Å²) >= 11 is 0. The van der Waals surface area contributed by atoms with Gasteiger partial charge in [0.15, 0.2) is 0 Å². The van der Waals surface area contributed by atoms with E-state index in [0.29, 0.717) is 0 Å². The second-order valence-electron chi connectivity index (χ2n) is 36.1. The van der Waals surface area contributed by atoms with E-state index in [1.54, 1.807) is 0 Å². The predicted molar refractivity (Wildman–Crippen MR) is 566 cm³/mol. The van der Waals surface area contributed by atoms with Crippen molar-refractivity contribution in [2.45, 2.75) is 0 Å². The first-order chi connectivity index (χ1) is 64.6. The molecule has 30 aromatic rings. The molecule has 132 heavy (non-hydrogen) atoms. The van der Waals surface area contributed by atoms with Crippen molar-refractivity contribution in [3.05, 3.63) is 364 Å². The van der Waals surface area contributed by atoms with Crippen LogP contribution in [0.25, 0.3) is 262 Å². The molecular weight excluding hydrogens is 1610 g/mol. The molecule has 0 saturated heterocycles. The van der Waals surface area contributed by atoms with Gasteiger partial charge in [-0.15, -0.1) is 0 Å². The van der Waals surface area contributed by atoms with Gasteiger partial charge in [-0.1, -0.05) is 243 Å². The SMILES string of the molecule is Cn1c2ccccc2c2c1ccc1c3ccccc3n(C)c12.Cn1c2ccccc2c2c1ccc1c3ccccc3n(C)c12.Cn1c2ccccc2c2c3c4ccccc4n(C)c3ccc21.Cn1c2ccccc2c2cc3c(cc21)c1ccccc1n3C.Cn1c2ccccc2c2cc3c4ccccc4n(C)c3cc21.Cn1c2ccccc2c2ccc3c4ccccc4n(C)c3c21. The fourth-order valence-electron chi connectivity index (χ4n) is 23.3. The monoisotopic (exact) mass is 1700 g/mol. The summed E-state index contributed by atoms with van der Waals surface area (Å²) in [6.07, 6.45) is 0. The molecule has 0 spiro atoms. The van der Waals surface area contributed by atoms with E-state index < -0.39 is 0 Å². The van der Waals surface area contributed by atoms with E-state index in [4.69, 9.17) is 0 Å². The molecule has 12 heterocycles. The average molecular weight is 1710 g/mol. The normalized spacial score (nSPS) is 12.1. The van der Waals surface area contributed by atoms with Gasteiger partial charge in [-0.2, -0.15) is 0 Å². The Balaban J connectivity index is 0.0000000851. The molecule has 0 atom stereocenters. The molecule has 0 aliphatic carbocycles. The molecule has 0 radical (unpaired) electrons. The Kier molecular flexibility index (Phi) is 17.4. The van der Waals surface area contributed by atoms with Crippen LogP contribution in [0.1, 0.15) is 0 Å². The summed E-state index contributed by atoms with van der Waals surface area (Å²) in [5, 5.41) is 32.1. The molecule has 30 rings (SSSR count). The molecule has 18 aromatic carbocycles. The van der Waals surface area contributed by atoms with Crippen molar-refractivity contribution in [1.82, 2.24) is 54.8 Å². The van der Waals surface area contributed by atoms with Crippen molar-refractivity contribution in [3.63, 3.8) is 0 Å². The highest BCUT2D eigenvalue weighted by Crippen LogP contribution is 2.46. The van der Waals surface area contributed by atoms with Crippen LogP contribution in [0.4, 0.5) is 0 Å². The van der Waals surface area contributed by atoms with Crippen LogP contribution in [0, 0.1) is 0 Å². The summed E-state index contributed by atoms with van der Waals surface area (Å²) in [5.74, 6) is 0. The molecule has 0 amide bonds. The van der Waals surface area contributed by atoms with Gasteiger partial charge in [-0.3, -0.25) is 0 Å². The molecular formula is C120H96N12. The average Bonchev–Trinajstić information content (AvgIpc) is 1.56. The van der Waals surface area contributed by atoms with Crippen LogP contribution < -0.4 is 0 Å². The predicted octanol–water partition coefficient (Wildman–Crippen LogP) is 29.9. The molecule has 636 valence electrons. The summed E-state index contributed by atoms with van der Waals surface area (Å²) in [6, 6.07) is 131. The van der Waals surface area contributed by atoms with Crippen molar-refractivity contribution in [2.24, 2.45) is 84.6 Å². The Bertz CT molecular complexity index is 9440. The van der Waals surface area contributed by atoms with Gasteiger partial charge in [0.2, 0.25) is 0 Å². The highest BCUT2D eigenvalue weighted by atomic mass is 15.0. The van der Waals surface area contributed by atoms with E-state index in [1.165, 1.54) is 262 Å². The Hall–Kier alpha value is -16.4. The molecule has 0 aliphatic rings. The minimum Gasteiger partial charge on any atom is -0.344 e. The maximum atomic E-state index is 2.36. The molecule has 0 unspecified atom stereocenters. The summed E-state index contributed by atoms with van der Waals surface area (Å²) < 4.78 is 27.7. The number of aryl methyl sites for hydroxylation is 12. The fraction of sp³-hybridized carbons (Fsp3) is 0.100. The van der Waals surface area contributed by atoms with Gasteiger partial charge in [0.25, 0.3) is 0 Å². The van der Waals surface area contributed by atoms with Crippen LogP contribution >= 0.6 is 0 Å². The number of benzene rings is 18. The van der Waals surface area contributed by atoms with Crippen LogP contribution in [-0.2, 0) is 84.6 Å². The molecule has 0 aliphatic heterocycles. The maximum absolute atomic E-state index is 2.36. The second-order valence-corrected chi connectivity index (χ2v) is 36.1. The third-order valence-electron chi connectivity index (χ3n) is 29.7. The lowest BCUT2D eigenvalue weighted by molar-refractivity contribution is 0.986. The maximum Gasteiger partial charge on any atom is 0.0736 e. The van der Waals surface area contributed by atoms with Gasteiger partial charge >= 0.3 is 0 Å². The molecule has 0 N–H and O–H groups in total. The van der Waals surface area contributed by atoms with Crippen LogP contribution in [-0.4, -0.2) is 54.8 Å². The summed E-state index contributed by atoms with van der Waals surface area (Å²) in [6.45, 7) is 0. The van der Waals surface area contributed by atoms with E-state index >= 15 is 0 Å². The van der Waals surface area contributed by atoms with E-state index in [9.17, 15) is 0 Å². The Morgan fingerprint density at radius 3 is 0.523 bits per heavy atom. The number of hydrogen-bond donors (Lipinski definition) is 0. The van der Waals surface area contributed by atoms with E-state index in [2.05, 4.69) is 503 Å². The first-order valence-corrected chi connectivity index (χ1v) is 45.6. The zero-order chi connectivity index (χ0) is 89.1. The van der Waals surface area contributed by atoms with Crippen molar-refractivity contribution in [1.29, 1.82) is 0 Å². The highest BCUT2D eigenvalue weighted by Gasteiger charge is 2.24. The molecule has 0 bridgehead atoms. The van der Waals surface area contributed by atoms with Gasteiger partial charge in [0.1, 0.15) is 0 Å². The summed E-state index contributed by atoms with van der Waals surface area (Å²) in [7, 11) is 25.9. The Morgan fingerprint density at radius 2 is 0.258 bits per heavy atom. The van der Waals surface area contributed by atoms with Gasteiger partial charge in [-0.25, -0.2) is 0 Å². The van der Waals surface area contributed by atoms with E-state index in [0.717, 1.165) is 0 Å². The molecule has 12 aromatic heterocycles. The van der Waals surface area contributed by atoms with Crippen LogP contribution in [0.2, 0.25) is 0 Å². The first kappa shape index (κ1) is 77.9. The lowest BCUT2D eigenvalue weighted by Crippen LogP contribution is -1.92. The van der Waals surface area contributed by atoms with Gasteiger partial charge < -0.3 is 54.8 Å². The Labute approximate surface area is 760 Å². The number of hydrogen-bond acceptors (Lipinski definition) is 0. The largest absolute Gasteiger partial charge is 0.344 e. The lowest BCUT2D eigenvalue weighted by atomic mass is 10.1. The molecule has 0 saturated carbocycles. The minimum atomic E-state index is 1.29. The number of fused-ring (bicyclic) bond motifs is 40. The van der Waals surface area contributed by atoms with Crippen LogP contribution in [0.3, 0.4) is 0 Å². The topological polar surface area (TPSA) is 59.2 Å². The van der Waals surface area contributed by atoms with Crippen molar-refractivity contribution < 1.29 is 0 Å². The van der Waals surface area contributed by atoms with E-state index in [1.807, 2.05) is 0 Å². The molecule has 0 fully saturated rings. The number of nitrogens with zero attached hydrogens (tertiary/aromatic N) is 12. The lowest BCUT2D eigenvalue weighted by Gasteiger charge is -2.03. The zero-order valence-corrected chi connectivity index (χ0v) is 76.0. The fourth-order valence-corrected chi connectivity index (χ4v) is 23.3. The van der Waals surface area contributed by atoms with Crippen LogP contribution in [0.5, 0.6) is 0 Å². The second kappa shape index (κ2) is 29.6. The third-order valence-corrected chi connectivity index (χ3v) is 29.7. The molecule has 12 heteroatoms. The smallest absolute Gasteiger partial charge is 0.0736 e. The number of para-hydroxylation sites is 12. The summed E-state index contributed by atoms with van der Waals surface area (Å²) in [4.78, 5) is 0. The zero-order valence-electron chi connectivity index (χ0n) is 76.0. The van der Waals surface area contributed by atoms with Crippen molar-refractivity contribution >= 4 is 262 Å². The summed E-state index contributed by atoms with van der Waals surface area (Å²) in [5.41, 5.74) is 31.1. The van der Waals surface area contributed by atoms with Crippen molar-refractivity contribution in [3.8, 4) is 0 Å². The van der Waals surface area contributed by atoms with Crippen LogP contribution in [0.15, 0.2) is 364 Å². The van der Waals surface area contributed by atoms with Gasteiger partial charge in [0, 0.05) is 302 Å². The van der Waals surface area contributed by atoms with Crippen molar-refractivity contribution in [2.75, 3.05) is 0 Å². The number of aromatic nitrogens is 12. The minimum absolute atomic E-state index is 1.29. The quantitative estimate of drug-likeness (QED) is 0.145. The number of rotatable bonds is 0. The Morgan fingerprint density at radius 1 is 0.0985 bits per heavy atom. The van der Waals surface area contributed by atoms with Gasteiger partial charge in [0.05, 0.1) is 44.1 Å².